The van der Waals surface area contributed by atoms with Crippen LogP contribution in [0.5, 0.6) is 0 Å². The number of carbonyl (C=O) groups is 1. The van der Waals surface area contributed by atoms with E-state index in [2.05, 4.69) is 10.0 Å². The molecular formula is C18H16N4O. The molecule has 0 saturated carbocycles. The molecule has 3 rings (SSSR count). The SMILES string of the molecule is Cc1ccc(N2C(=O)[C@@H](N=[N+]=[N-])[C@H]2/C=C/c2ccccc2)cc1. The van der Waals surface area contributed by atoms with Gasteiger partial charge in [0, 0.05) is 10.6 Å². The summed E-state index contributed by atoms with van der Waals surface area (Å²) in [5, 5.41) is 3.64. The van der Waals surface area contributed by atoms with Crippen LogP contribution in [-0.4, -0.2) is 18.0 Å². The number of carbonyl (C=O) groups excluding carboxylic acids is 1. The summed E-state index contributed by atoms with van der Waals surface area (Å²) in [6.07, 6.45) is 3.86. The molecule has 1 fully saturated rings. The molecule has 0 aromatic heterocycles. The van der Waals surface area contributed by atoms with Crippen molar-refractivity contribution in [1.82, 2.24) is 0 Å². The molecule has 0 unspecified atom stereocenters. The maximum atomic E-state index is 12.3. The molecule has 0 N–H and O–H groups in total. The fourth-order valence-corrected chi connectivity index (χ4v) is 2.64. The molecule has 5 heteroatoms. The van der Waals surface area contributed by atoms with Crippen molar-refractivity contribution in [3.63, 3.8) is 0 Å². The van der Waals surface area contributed by atoms with Gasteiger partial charge in [-0.2, -0.15) is 0 Å². The van der Waals surface area contributed by atoms with Gasteiger partial charge in [-0.1, -0.05) is 65.3 Å². The maximum Gasteiger partial charge on any atom is 0.239 e. The molecule has 0 bridgehead atoms. The van der Waals surface area contributed by atoms with Gasteiger partial charge in [-0.15, -0.1) is 0 Å². The van der Waals surface area contributed by atoms with Gasteiger partial charge >= 0.3 is 0 Å². The molecule has 0 aliphatic carbocycles. The second kappa shape index (κ2) is 6.38. The van der Waals surface area contributed by atoms with Crippen LogP contribution in [0, 0.1) is 6.92 Å². The molecule has 114 valence electrons. The number of benzene rings is 2. The topological polar surface area (TPSA) is 69.1 Å². The van der Waals surface area contributed by atoms with E-state index in [0.717, 1.165) is 16.8 Å². The van der Waals surface area contributed by atoms with Crippen molar-refractivity contribution in [1.29, 1.82) is 0 Å². The van der Waals surface area contributed by atoms with E-state index < -0.39 is 6.04 Å². The van der Waals surface area contributed by atoms with Gasteiger partial charge in [0.1, 0.15) is 6.04 Å². The van der Waals surface area contributed by atoms with Gasteiger partial charge in [-0.3, -0.25) is 4.79 Å². The Balaban J connectivity index is 1.89. The van der Waals surface area contributed by atoms with Crippen molar-refractivity contribution in [2.45, 2.75) is 19.0 Å². The van der Waals surface area contributed by atoms with E-state index in [1.165, 1.54) is 0 Å². The fourth-order valence-electron chi connectivity index (χ4n) is 2.64. The van der Waals surface area contributed by atoms with Crippen molar-refractivity contribution < 1.29 is 4.79 Å². The molecule has 0 spiro atoms. The number of anilines is 1. The minimum absolute atomic E-state index is 0.172. The number of amides is 1. The fraction of sp³-hybridized carbons (Fsp3) is 0.167. The van der Waals surface area contributed by atoms with Crippen LogP contribution < -0.4 is 4.90 Å². The highest BCUT2D eigenvalue weighted by Gasteiger charge is 2.46. The number of nitrogens with zero attached hydrogens (tertiary/aromatic N) is 4. The van der Waals surface area contributed by atoms with Gasteiger partial charge < -0.3 is 4.90 Å². The Morgan fingerprint density at radius 3 is 2.48 bits per heavy atom. The summed E-state index contributed by atoms with van der Waals surface area (Å²) < 4.78 is 0. The van der Waals surface area contributed by atoms with Gasteiger partial charge in [0.05, 0.1) is 6.04 Å². The van der Waals surface area contributed by atoms with Crippen LogP contribution in [0.1, 0.15) is 11.1 Å². The molecule has 0 radical (unpaired) electrons. The number of aryl methyl sites for hydroxylation is 1. The first-order valence-electron chi connectivity index (χ1n) is 7.38. The van der Waals surface area contributed by atoms with Gasteiger partial charge in [0.15, 0.2) is 0 Å². The third-order valence-corrected chi connectivity index (χ3v) is 3.89. The van der Waals surface area contributed by atoms with Gasteiger partial charge in [0.25, 0.3) is 0 Å². The van der Waals surface area contributed by atoms with Crippen molar-refractivity contribution in [2.75, 3.05) is 4.90 Å². The predicted octanol–water partition coefficient (Wildman–Crippen LogP) is 4.10. The summed E-state index contributed by atoms with van der Waals surface area (Å²) in [7, 11) is 0. The summed E-state index contributed by atoms with van der Waals surface area (Å²) in [5.74, 6) is -0.172. The Bertz CT molecular complexity index is 776. The van der Waals surface area contributed by atoms with E-state index >= 15 is 0 Å². The van der Waals surface area contributed by atoms with E-state index in [0.29, 0.717) is 0 Å². The first-order valence-corrected chi connectivity index (χ1v) is 7.38. The highest BCUT2D eigenvalue weighted by molar-refractivity contribution is 6.06. The van der Waals surface area contributed by atoms with Crippen molar-refractivity contribution >= 4 is 17.7 Å². The quantitative estimate of drug-likeness (QED) is 0.363. The van der Waals surface area contributed by atoms with Crippen molar-refractivity contribution in [2.24, 2.45) is 5.11 Å². The largest absolute Gasteiger partial charge is 0.304 e. The Labute approximate surface area is 134 Å². The second-order valence-electron chi connectivity index (χ2n) is 5.45. The molecule has 2 aromatic carbocycles. The van der Waals surface area contributed by atoms with E-state index in [-0.39, 0.29) is 11.9 Å². The Morgan fingerprint density at radius 2 is 1.83 bits per heavy atom. The molecular weight excluding hydrogens is 288 g/mol. The minimum atomic E-state index is -0.679. The van der Waals surface area contributed by atoms with Crippen LogP contribution in [0.15, 0.2) is 65.8 Å². The Kier molecular flexibility index (Phi) is 4.13. The normalized spacial score (nSPS) is 20.2. The lowest BCUT2D eigenvalue weighted by atomic mass is 9.93. The second-order valence-corrected chi connectivity index (χ2v) is 5.45. The van der Waals surface area contributed by atoms with Crippen LogP contribution in [-0.2, 0) is 4.79 Å². The number of β-lactam (4-membered cyclic amide) rings is 1. The highest BCUT2D eigenvalue weighted by atomic mass is 16.2. The molecule has 1 aliphatic heterocycles. The smallest absolute Gasteiger partial charge is 0.239 e. The molecule has 23 heavy (non-hydrogen) atoms. The monoisotopic (exact) mass is 304 g/mol. The van der Waals surface area contributed by atoms with Gasteiger partial charge in [0.2, 0.25) is 5.91 Å². The highest BCUT2D eigenvalue weighted by Crippen LogP contribution is 2.31. The predicted molar refractivity (Wildman–Crippen MR) is 90.9 cm³/mol. The Hall–Kier alpha value is -3.04. The van der Waals surface area contributed by atoms with E-state index in [1.807, 2.05) is 73.7 Å². The van der Waals surface area contributed by atoms with Crippen LogP contribution in [0.2, 0.25) is 0 Å². The first-order chi connectivity index (χ1) is 11.2. The van der Waals surface area contributed by atoms with Crippen molar-refractivity contribution in [3.8, 4) is 0 Å². The number of hydrogen-bond donors (Lipinski definition) is 0. The standard InChI is InChI=1S/C18H16N4O/c1-13-7-10-15(11-8-13)22-16(17(18(22)23)20-21-19)12-9-14-5-3-2-4-6-14/h2-12,16-17H,1H3/b12-9+/t16-,17+/m1/s1. The molecule has 1 saturated heterocycles. The summed E-state index contributed by atoms with van der Waals surface area (Å²) in [4.78, 5) is 16.8. The Morgan fingerprint density at radius 1 is 1.13 bits per heavy atom. The summed E-state index contributed by atoms with van der Waals surface area (Å²) in [5.41, 5.74) is 11.7. The van der Waals surface area contributed by atoms with Crippen LogP contribution in [0.25, 0.3) is 16.5 Å². The van der Waals surface area contributed by atoms with Gasteiger partial charge in [-0.05, 0) is 30.2 Å². The average molecular weight is 304 g/mol. The van der Waals surface area contributed by atoms with E-state index in [4.69, 9.17) is 5.53 Å². The van der Waals surface area contributed by atoms with Crippen LogP contribution >= 0.6 is 0 Å². The summed E-state index contributed by atoms with van der Waals surface area (Å²) >= 11 is 0. The molecule has 1 amide bonds. The zero-order valence-corrected chi connectivity index (χ0v) is 12.7. The molecule has 1 heterocycles. The minimum Gasteiger partial charge on any atom is -0.304 e. The number of hydrogen-bond acceptors (Lipinski definition) is 2. The first kappa shape index (κ1) is 14.9. The lowest BCUT2D eigenvalue weighted by Crippen LogP contribution is -2.63. The van der Waals surface area contributed by atoms with Crippen molar-refractivity contribution in [3.05, 3.63) is 82.2 Å². The summed E-state index contributed by atoms with van der Waals surface area (Å²) in [6, 6.07) is 16.6. The lowest BCUT2D eigenvalue weighted by molar-refractivity contribution is -0.125. The third kappa shape index (κ3) is 2.96. The van der Waals surface area contributed by atoms with E-state index in [9.17, 15) is 4.79 Å². The lowest BCUT2D eigenvalue weighted by Gasteiger charge is -2.43. The van der Waals surface area contributed by atoms with Crippen LogP contribution in [0.3, 0.4) is 0 Å². The van der Waals surface area contributed by atoms with E-state index in [1.54, 1.807) is 4.90 Å². The summed E-state index contributed by atoms with van der Waals surface area (Å²) in [6.45, 7) is 2.00. The van der Waals surface area contributed by atoms with Crippen LogP contribution in [0.4, 0.5) is 5.69 Å². The number of azide groups is 1. The zero-order valence-electron chi connectivity index (χ0n) is 12.7. The molecule has 2 atom stereocenters. The number of rotatable bonds is 4. The van der Waals surface area contributed by atoms with Gasteiger partial charge in [-0.25, -0.2) is 0 Å². The zero-order chi connectivity index (χ0) is 16.2. The average Bonchev–Trinajstić information content (AvgIpc) is 2.58. The molecule has 1 aliphatic rings. The third-order valence-electron chi connectivity index (χ3n) is 3.89. The molecule has 5 nitrogen and oxygen atoms in total. The molecule has 2 aromatic rings. The maximum absolute atomic E-state index is 12.3.